The lowest BCUT2D eigenvalue weighted by atomic mass is 10.3. The van der Waals surface area contributed by atoms with Gasteiger partial charge in [0.15, 0.2) is 11.5 Å². The van der Waals surface area contributed by atoms with Gasteiger partial charge in [-0.2, -0.15) is 13.2 Å². The molecule has 0 spiro atoms. The first kappa shape index (κ1) is 13.1. The number of alkyl halides is 3. The maximum Gasteiger partial charge on any atom is 0.392 e. The fourth-order valence-corrected chi connectivity index (χ4v) is 1.02. The predicted octanol–water partition coefficient (Wildman–Crippen LogP) is 1.51. The van der Waals surface area contributed by atoms with Crippen molar-refractivity contribution < 1.29 is 23.1 Å². The van der Waals surface area contributed by atoms with E-state index in [1.54, 1.807) is 0 Å². The Bertz CT molecular complexity index is 407. The smallest absolute Gasteiger partial charge is 0.392 e. The standard InChI is InChI=1S/C9H10F3N3O2/c10-9(11,12)3-5-17-6-2-1-4-14-7(6)8(13)15-16/h1-2,4,16H,3,5H2,(H2,13,15). The first-order valence-corrected chi connectivity index (χ1v) is 4.56. The van der Waals surface area contributed by atoms with Crippen molar-refractivity contribution in [3.05, 3.63) is 24.0 Å². The number of nitrogens with zero attached hydrogens (tertiary/aromatic N) is 2. The monoisotopic (exact) mass is 249 g/mol. The zero-order valence-electron chi connectivity index (χ0n) is 8.61. The van der Waals surface area contributed by atoms with Crippen molar-refractivity contribution >= 4 is 5.84 Å². The van der Waals surface area contributed by atoms with Crippen molar-refractivity contribution in [1.29, 1.82) is 0 Å². The van der Waals surface area contributed by atoms with Gasteiger partial charge in [-0.05, 0) is 12.1 Å². The zero-order valence-corrected chi connectivity index (χ0v) is 8.61. The molecule has 17 heavy (non-hydrogen) atoms. The molecular formula is C9H10F3N3O2. The van der Waals surface area contributed by atoms with Crippen LogP contribution in [0.4, 0.5) is 13.2 Å². The Morgan fingerprint density at radius 1 is 1.53 bits per heavy atom. The molecule has 0 aromatic carbocycles. The highest BCUT2D eigenvalue weighted by Crippen LogP contribution is 2.21. The normalized spacial score (nSPS) is 12.5. The average Bonchev–Trinajstić information content (AvgIpc) is 2.27. The van der Waals surface area contributed by atoms with Crippen molar-refractivity contribution in [2.45, 2.75) is 12.6 Å². The molecule has 94 valence electrons. The van der Waals surface area contributed by atoms with Gasteiger partial charge in [-0.1, -0.05) is 5.16 Å². The topological polar surface area (TPSA) is 80.7 Å². The maximum atomic E-state index is 11.9. The van der Waals surface area contributed by atoms with E-state index in [-0.39, 0.29) is 17.3 Å². The van der Waals surface area contributed by atoms with E-state index in [2.05, 4.69) is 10.1 Å². The summed E-state index contributed by atoms with van der Waals surface area (Å²) in [6.45, 7) is -0.555. The lowest BCUT2D eigenvalue weighted by Crippen LogP contribution is -2.18. The van der Waals surface area contributed by atoms with Gasteiger partial charge < -0.3 is 15.7 Å². The first-order chi connectivity index (χ1) is 7.94. The molecule has 0 saturated carbocycles. The second kappa shape index (κ2) is 5.37. The molecule has 0 atom stereocenters. The minimum Gasteiger partial charge on any atom is -0.491 e. The number of pyridine rings is 1. The summed E-state index contributed by atoms with van der Waals surface area (Å²) in [7, 11) is 0. The van der Waals surface area contributed by atoms with Gasteiger partial charge in [0, 0.05) is 6.20 Å². The van der Waals surface area contributed by atoms with Crippen molar-refractivity contribution in [3.8, 4) is 5.75 Å². The Morgan fingerprint density at radius 3 is 2.82 bits per heavy atom. The summed E-state index contributed by atoms with van der Waals surface area (Å²) in [4.78, 5) is 3.74. The highest BCUT2D eigenvalue weighted by atomic mass is 19.4. The molecular weight excluding hydrogens is 239 g/mol. The Morgan fingerprint density at radius 2 is 2.24 bits per heavy atom. The number of ether oxygens (including phenoxy) is 1. The largest absolute Gasteiger partial charge is 0.491 e. The summed E-state index contributed by atoms with van der Waals surface area (Å²) in [6.07, 6.45) is -4.03. The SMILES string of the molecule is N/C(=N/O)c1ncccc1OCCC(F)(F)F. The molecule has 0 fully saturated rings. The van der Waals surface area contributed by atoms with E-state index in [0.29, 0.717) is 0 Å². The Balaban J connectivity index is 2.71. The number of hydrogen-bond acceptors (Lipinski definition) is 4. The van der Waals surface area contributed by atoms with Gasteiger partial charge in [-0.3, -0.25) is 0 Å². The van der Waals surface area contributed by atoms with Crippen LogP contribution < -0.4 is 10.5 Å². The Hall–Kier alpha value is -1.99. The van der Waals surface area contributed by atoms with E-state index >= 15 is 0 Å². The second-order valence-corrected chi connectivity index (χ2v) is 3.05. The molecule has 5 nitrogen and oxygen atoms in total. The minimum absolute atomic E-state index is 0.00262. The van der Waals surface area contributed by atoms with Crippen LogP contribution in [0, 0.1) is 0 Å². The molecule has 3 N–H and O–H groups in total. The van der Waals surface area contributed by atoms with Gasteiger partial charge in [0.25, 0.3) is 0 Å². The van der Waals surface area contributed by atoms with Crippen molar-refractivity contribution in [2.24, 2.45) is 10.9 Å². The minimum atomic E-state index is -4.29. The number of hydrogen-bond donors (Lipinski definition) is 2. The molecule has 0 saturated heterocycles. The van der Waals surface area contributed by atoms with Gasteiger partial charge >= 0.3 is 6.18 Å². The predicted molar refractivity (Wildman–Crippen MR) is 52.9 cm³/mol. The highest BCUT2D eigenvalue weighted by Gasteiger charge is 2.27. The molecule has 0 aliphatic heterocycles. The Kier molecular flexibility index (Phi) is 4.13. The van der Waals surface area contributed by atoms with Crippen molar-refractivity contribution in [3.63, 3.8) is 0 Å². The van der Waals surface area contributed by atoms with Gasteiger partial charge in [-0.15, -0.1) is 0 Å². The van der Waals surface area contributed by atoms with Gasteiger partial charge in [-0.25, -0.2) is 4.98 Å². The molecule has 1 heterocycles. The second-order valence-electron chi connectivity index (χ2n) is 3.05. The van der Waals surface area contributed by atoms with E-state index in [1.165, 1.54) is 18.3 Å². The zero-order chi connectivity index (χ0) is 12.9. The Labute approximate surface area is 94.7 Å². The van der Waals surface area contributed by atoms with Crippen LogP contribution in [0.5, 0.6) is 5.75 Å². The van der Waals surface area contributed by atoms with Crippen LogP contribution in [0.2, 0.25) is 0 Å². The third-order valence-corrected chi connectivity index (χ3v) is 1.76. The van der Waals surface area contributed by atoms with Crippen LogP contribution in [0.15, 0.2) is 23.5 Å². The van der Waals surface area contributed by atoms with Gasteiger partial charge in [0.1, 0.15) is 5.75 Å². The third-order valence-electron chi connectivity index (χ3n) is 1.76. The number of nitrogens with two attached hydrogens (primary N) is 1. The van der Waals surface area contributed by atoms with Crippen LogP contribution in [-0.2, 0) is 0 Å². The van der Waals surface area contributed by atoms with E-state index in [4.69, 9.17) is 15.7 Å². The van der Waals surface area contributed by atoms with E-state index in [0.717, 1.165) is 0 Å². The molecule has 0 aliphatic rings. The molecule has 1 aromatic rings. The lowest BCUT2D eigenvalue weighted by molar-refractivity contribution is -0.139. The van der Waals surface area contributed by atoms with Crippen molar-refractivity contribution in [1.82, 2.24) is 4.98 Å². The molecule has 1 aromatic heterocycles. The number of oxime groups is 1. The highest BCUT2D eigenvalue weighted by molar-refractivity contribution is 5.97. The van der Waals surface area contributed by atoms with Crippen LogP contribution in [-0.4, -0.2) is 28.8 Å². The molecule has 0 radical (unpaired) electrons. The molecule has 0 unspecified atom stereocenters. The molecule has 8 heteroatoms. The number of amidine groups is 1. The van der Waals surface area contributed by atoms with E-state index in [1.807, 2.05) is 0 Å². The summed E-state index contributed by atoms with van der Waals surface area (Å²) in [5.41, 5.74) is 5.29. The average molecular weight is 249 g/mol. The van der Waals surface area contributed by atoms with Crippen molar-refractivity contribution in [2.75, 3.05) is 6.61 Å². The maximum absolute atomic E-state index is 11.9. The summed E-state index contributed by atoms with van der Waals surface area (Å²) in [5.74, 6) is -0.292. The number of aromatic nitrogens is 1. The van der Waals surface area contributed by atoms with Crippen LogP contribution >= 0.6 is 0 Å². The van der Waals surface area contributed by atoms with E-state index < -0.39 is 19.2 Å². The molecule has 0 amide bonds. The molecule has 0 bridgehead atoms. The third kappa shape index (κ3) is 4.17. The lowest BCUT2D eigenvalue weighted by Gasteiger charge is -2.10. The van der Waals surface area contributed by atoms with Crippen LogP contribution in [0.1, 0.15) is 12.1 Å². The van der Waals surface area contributed by atoms with Crippen LogP contribution in [0.25, 0.3) is 0 Å². The fraction of sp³-hybridized carbons (Fsp3) is 0.333. The first-order valence-electron chi connectivity index (χ1n) is 4.56. The summed E-state index contributed by atoms with van der Waals surface area (Å²) >= 11 is 0. The quantitative estimate of drug-likeness (QED) is 0.367. The van der Waals surface area contributed by atoms with E-state index in [9.17, 15) is 13.2 Å². The summed E-state index contributed by atoms with van der Waals surface area (Å²) in [6, 6.07) is 2.85. The molecule has 1 rings (SSSR count). The number of halogens is 3. The summed E-state index contributed by atoms with van der Waals surface area (Å²) in [5, 5.41) is 11.2. The van der Waals surface area contributed by atoms with Gasteiger partial charge in [0.05, 0.1) is 13.0 Å². The molecule has 0 aliphatic carbocycles. The van der Waals surface area contributed by atoms with Gasteiger partial charge in [0.2, 0.25) is 0 Å². The number of rotatable bonds is 4. The summed E-state index contributed by atoms with van der Waals surface area (Å²) < 4.78 is 40.6. The fourth-order valence-electron chi connectivity index (χ4n) is 1.02. The van der Waals surface area contributed by atoms with Crippen LogP contribution in [0.3, 0.4) is 0 Å².